The zero-order chi connectivity index (χ0) is 27.4. The van der Waals surface area contributed by atoms with E-state index in [0.29, 0.717) is 64.7 Å². The summed E-state index contributed by atoms with van der Waals surface area (Å²) in [6, 6.07) is -0.637. The Bertz CT molecular complexity index is 1260. The quantitative estimate of drug-likeness (QED) is 0.198. The van der Waals surface area contributed by atoms with E-state index in [9.17, 15) is 24.3 Å². The van der Waals surface area contributed by atoms with E-state index in [1.165, 1.54) is 9.47 Å². The molecule has 2 spiro atoms. The molecule has 1 aromatic heterocycles. The van der Waals surface area contributed by atoms with Crippen LogP contribution in [-0.4, -0.2) is 74.2 Å². The number of carbonyl (C=O) groups excluding carboxylic acids is 2. The zero-order valence-electron chi connectivity index (χ0n) is 22.2. The lowest BCUT2D eigenvalue weighted by molar-refractivity contribution is -0.152. The van der Waals surface area contributed by atoms with Gasteiger partial charge in [-0.15, -0.1) is 0 Å². The molecule has 0 aromatic carbocycles. The molecular formula is C26H38N6O6. The van der Waals surface area contributed by atoms with Gasteiger partial charge in [0.05, 0.1) is 13.2 Å². The number of imide groups is 1. The Morgan fingerprint density at radius 3 is 2.34 bits per heavy atom. The van der Waals surface area contributed by atoms with Gasteiger partial charge in [-0.25, -0.2) is 9.59 Å². The Morgan fingerprint density at radius 1 is 1.13 bits per heavy atom. The predicted molar refractivity (Wildman–Crippen MR) is 138 cm³/mol. The molecule has 12 nitrogen and oxygen atoms in total. The summed E-state index contributed by atoms with van der Waals surface area (Å²) in [6.45, 7) is 3.99. The predicted octanol–water partition coefficient (Wildman–Crippen LogP) is 1.36. The van der Waals surface area contributed by atoms with Crippen molar-refractivity contribution in [2.45, 2.75) is 82.8 Å². The van der Waals surface area contributed by atoms with Gasteiger partial charge < -0.3 is 20.5 Å². The third kappa shape index (κ3) is 3.95. The number of hydrogen-bond acceptors (Lipinski definition) is 7. The van der Waals surface area contributed by atoms with Crippen molar-refractivity contribution in [2.75, 3.05) is 26.8 Å². The molecule has 4 aliphatic rings. The summed E-state index contributed by atoms with van der Waals surface area (Å²) < 4.78 is 7.61. The van der Waals surface area contributed by atoms with Crippen LogP contribution in [-0.2, 0) is 16.1 Å². The number of hydrogen-bond donors (Lipinski definition) is 3. The number of nitrogen functional groups attached to an aromatic ring is 1. The maximum absolute atomic E-state index is 13.4. The minimum Gasteiger partial charge on any atom is -0.494 e. The number of aromatic nitrogens is 2. The van der Waals surface area contributed by atoms with Crippen LogP contribution >= 0.6 is 0 Å². The summed E-state index contributed by atoms with van der Waals surface area (Å²) in [4.78, 5) is 55.7. The molecule has 0 unspecified atom stereocenters. The number of amidine groups is 1. The van der Waals surface area contributed by atoms with Crippen molar-refractivity contribution >= 4 is 17.8 Å². The zero-order valence-corrected chi connectivity index (χ0v) is 22.2. The molecule has 2 saturated carbocycles. The second-order valence-corrected chi connectivity index (χ2v) is 11.7. The maximum Gasteiger partial charge on any atom is 0.334 e. The van der Waals surface area contributed by atoms with Crippen LogP contribution in [0.5, 0.6) is 5.88 Å². The van der Waals surface area contributed by atoms with Crippen molar-refractivity contribution in [2.24, 2.45) is 17.1 Å². The first-order valence-corrected chi connectivity index (χ1v) is 13.7. The van der Waals surface area contributed by atoms with Crippen molar-refractivity contribution in [1.82, 2.24) is 18.9 Å². The van der Waals surface area contributed by atoms with Crippen molar-refractivity contribution in [1.29, 1.82) is 5.41 Å². The number of nitrogens with zero attached hydrogens (tertiary/aromatic N) is 4. The van der Waals surface area contributed by atoms with Gasteiger partial charge in [0, 0.05) is 32.1 Å². The SMILES string of the molecule is CCCCCn1c(O)c(C(=N)N)c(=O)n(C2CCC3(CC2)CC2(C3)C(=O)N(C)C(=O)N2CC2COC2)c1=O. The summed E-state index contributed by atoms with van der Waals surface area (Å²) in [7, 11) is 1.54. The van der Waals surface area contributed by atoms with Crippen LogP contribution in [0.15, 0.2) is 9.59 Å². The Hall–Kier alpha value is -3.15. The van der Waals surface area contributed by atoms with E-state index in [1.807, 2.05) is 6.92 Å². The van der Waals surface area contributed by atoms with Crippen molar-refractivity contribution < 1.29 is 19.4 Å². The number of unbranched alkanes of at least 4 members (excludes halogenated alkanes) is 2. The molecule has 3 heterocycles. The van der Waals surface area contributed by atoms with Crippen LogP contribution in [0.4, 0.5) is 4.79 Å². The van der Waals surface area contributed by atoms with Crippen LogP contribution in [0.1, 0.15) is 76.3 Å². The lowest BCUT2D eigenvalue weighted by Gasteiger charge is -2.58. The molecule has 0 bridgehead atoms. The van der Waals surface area contributed by atoms with Crippen molar-refractivity contribution in [3.8, 4) is 5.88 Å². The molecule has 2 saturated heterocycles. The van der Waals surface area contributed by atoms with E-state index < -0.39 is 28.5 Å². The molecule has 2 aliphatic heterocycles. The lowest BCUT2D eigenvalue weighted by Crippen LogP contribution is -2.65. The fourth-order valence-corrected chi connectivity index (χ4v) is 7.08. The van der Waals surface area contributed by atoms with Gasteiger partial charge in [0.15, 0.2) is 0 Å². The Kier molecular flexibility index (Phi) is 6.65. The first kappa shape index (κ1) is 26.5. The highest BCUT2D eigenvalue weighted by molar-refractivity contribution is 6.07. The van der Waals surface area contributed by atoms with Crippen LogP contribution in [0, 0.1) is 16.7 Å². The number of likely N-dealkylation sites (N-methyl/N-ethyl adjacent to an activating group) is 1. The average Bonchev–Trinajstić information content (AvgIpc) is 3.00. The van der Waals surface area contributed by atoms with Gasteiger partial charge in [0.25, 0.3) is 11.5 Å². The van der Waals surface area contributed by atoms with E-state index in [2.05, 4.69) is 0 Å². The third-order valence-corrected chi connectivity index (χ3v) is 9.20. The Morgan fingerprint density at radius 2 is 1.79 bits per heavy atom. The number of urea groups is 1. The average molecular weight is 531 g/mol. The summed E-state index contributed by atoms with van der Waals surface area (Å²) in [5.74, 6) is -1.01. The molecule has 1 aromatic rings. The number of nitrogens with two attached hydrogens (primary N) is 1. The van der Waals surface area contributed by atoms with Gasteiger partial charge in [0.1, 0.15) is 16.9 Å². The van der Waals surface area contributed by atoms with Crippen LogP contribution < -0.4 is 17.0 Å². The Labute approximate surface area is 220 Å². The van der Waals surface area contributed by atoms with Gasteiger partial charge in [-0.05, 0) is 50.4 Å². The summed E-state index contributed by atoms with van der Waals surface area (Å²) in [5.41, 5.74) is 3.06. The largest absolute Gasteiger partial charge is 0.494 e. The lowest BCUT2D eigenvalue weighted by atomic mass is 9.51. The highest BCUT2D eigenvalue weighted by Crippen LogP contribution is 2.62. The summed E-state index contributed by atoms with van der Waals surface area (Å²) in [5, 5.41) is 18.5. The fourth-order valence-electron chi connectivity index (χ4n) is 7.08. The van der Waals surface area contributed by atoms with Gasteiger partial charge >= 0.3 is 11.7 Å². The van der Waals surface area contributed by atoms with Crippen LogP contribution in [0.3, 0.4) is 0 Å². The first-order chi connectivity index (χ1) is 18.0. The number of ether oxygens (including phenoxy) is 1. The molecule has 208 valence electrons. The van der Waals surface area contributed by atoms with Gasteiger partial charge in [-0.3, -0.25) is 29.0 Å². The van der Waals surface area contributed by atoms with E-state index in [0.717, 1.165) is 17.4 Å². The molecule has 0 radical (unpaired) electrons. The molecular weight excluding hydrogens is 492 g/mol. The van der Waals surface area contributed by atoms with E-state index in [-0.39, 0.29) is 41.4 Å². The number of nitrogens with one attached hydrogen (secondary N) is 1. The minimum absolute atomic E-state index is 0.129. The van der Waals surface area contributed by atoms with Crippen LogP contribution in [0.2, 0.25) is 0 Å². The van der Waals surface area contributed by atoms with Crippen LogP contribution in [0.25, 0.3) is 0 Å². The van der Waals surface area contributed by atoms with E-state index in [4.69, 9.17) is 15.9 Å². The van der Waals surface area contributed by atoms with E-state index in [1.54, 1.807) is 11.9 Å². The first-order valence-electron chi connectivity index (χ1n) is 13.7. The highest BCUT2D eigenvalue weighted by atomic mass is 16.5. The highest BCUT2D eigenvalue weighted by Gasteiger charge is 2.68. The molecule has 12 heteroatoms. The molecule has 0 atom stereocenters. The maximum atomic E-state index is 13.4. The standard InChI is InChI=1S/C26H38N6O6/c1-3-4-5-10-30-20(33)18(19(27)28)21(34)32(24(30)37)17-6-8-25(9-7-17)14-26(15-25)22(35)29(2)23(36)31(26)11-16-12-38-13-16/h16-17,33H,3-15H2,1-2H3,(H3,27,28). The number of amides is 3. The van der Waals surface area contributed by atoms with Gasteiger partial charge in [0.2, 0.25) is 5.88 Å². The second-order valence-electron chi connectivity index (χ2n) is 11.7. The Balaban J connectivity index is 1.36. The van der Waals surface area contributed by atoms with Gasteiger partial charge in [-0.2, -0.15) is 0 Å². The summed E-state index contributed by atoms with van der Waals surface area (Å²) in [6.07, 6.45) is 6.13. The van der Waals surface area contributed by atoms with Gasteiger partial charge in [-0.1, -0.05) is 19.8 Å². The molecule has 3 amide bonds. The summed E-state index contributed by atoms with van der Waals surface area (Å²) >= 11 is 0. The monoisotopic (exact) mass is 530 g/mol. The normalized spacial score (nSPS) is 29.3. The number of rotatable bonds is 8. The number of carbonyl (C=O) groups is 2. The van der Waals surface area contributed by atoms with Crippen molar-refractivity contribution in [3.63, 3.8) is 0 Å². The molecule has 2 aliphatic carbocycles. The number of aromatic hydroxyl groups is 1. The topological polar surface area (TPSA) is 164 Å². The molecule has 4 N–H and O–H groups in total. The third-order valence-electron chi connectivity index (χ3n) is 9.20. The van der Waals surface area contributed by atoms with Crippen molar-refractivity contribution in [3.05, 3.63) is 26.4 Å². The second kappa shape index (κ2) is 9.55. The molecule has 38 heavy (non-hydrogen) atoms. The molecule has 5 rings (SSSR count). The van der Waals surface area contributed by atoms with E-state index >= 15 is 0 Å². The molecule has 4 fully saturated rings. The smallest absolute Gasteiger partial charge is 0.334 e. The minimum atomic E-state index is -0.808. The fraction of sp³-hybridized carbons (Fsp3) is 0.731.